The summed E-state index contributed by atoms with van der Waals surface area (Å²) < 4.78 is 28.0. The number of guanidine groups is 1. The molecule has 0 amide bonds. The largest absolute Gasteiger partial charge is 0.357 e. The smallest absolute Gasteiger partial charge is 0.243 e. The van der Waals surface area contributed by atoms with E-state index in [1.807, 2.05) is 37.9 Å². The van der Waals surface area contributed by atoms with E-state index >= 15 is 0 Å². The van der Waals surface area contributed by atoms with Gasteiger partial charge in [0.25, 0.3) is 0 Å². The highest BCUT2D eigenvalue weighted by Crippen LogP contribution is 2.24. The number of benzene rings is 1. The van der Waals surface area contributed by atoms with Crippen molar-refractivity contribution in [3.63, 3.8) is 0 Å². The molecule has 0 spiro atoms. The molecule has 0 saturated carbocycles. The van der Waals surface area contributed by atoms with Crippen LogP contribution in [0.2, 0.25) is 0 Å². The van der Waals surface area contributed by atoms with Crippen LogP contribution in [0.3, 0.4) is 0 Å². The Morgan fingerprint density at radius 2 is 1.97 bits per heavy atom. The highest BCUT2D eigenvalue weighted by Gasteiger charge is 2.27. The summed E-state index contributed by atoms with van der Waals surface area (Å²) in [5.74, 6) is 0.730. The molecular weight excluding hydrogens is 545 g/mol. The molecule has 1 aliphatic heterocycles. The molecule has 0 bridgehead atoms. The number of aryl methyl sites for hydroxylation is 1. The van der Waals surface area contributed by atoms with Gasteiger partial charge in [-0.05, 0) is 38.3 Å². The van der Waals surface area contributed by atoms with E-state index in [1.54, 1.807) is 27.8 Å². The van der Waals surface area contributed by atoms with Crippen molar-refractivity contribution in [2.24, 2.45) is 4.99 Å². The van der Waals surface area contributed by atoms with Gasteiger partial charge in [0.05, 0.1) is 28.7 Å². The number of rotatable bonds is 7. The van der Waals surface area contributed by atoms with E-state index in [2.05, 4.69) is 15.7 Å². The first-order chi connectivity index (χ1) is 14.4. The van der Waals surface area contributed by atoms with E-state index in [1.165, 1.54) is 0 Å². The fourth-order valence-electron chi connectivity index (χ4n) is 3.56. The van der Waals surface area contributed by atoms with Gasteiger partial charge in [0.15, 0.2) is 5.96 Å². The molecule has 2 heterocycles. The van der Waals surface area contributed by atoms with Gasteiger partial charge in [-0.15, -0.1) is 35.3 Å². The number of nitrogens with zero attached hydrogens (tertiary/aromatic N) is 4. The zero-order chi connectivity index (χ0) is 21.6. The van der Waals surface area contributed by atoms with Gasteiger partial charge in [0, 0.05) is 32.1 Å². The molecule has 31 heavy (non-hydrogen) atoms. The monoisotopic (exact) mass is 577 g/mol. The van der Waals surface area contributed by atoms with Gasteiger partial charge < -0.3 is 10.2 Å². The Morgan fingerprint density at radius 3 is 2.61 bits per heavy atom. The Kier molecular flexibility index (Phi) is 10.2. The number of hydrogen-bond donors (Lipinski definition) is 1. The molecule has 1 N–H and O–H groups in total. The van der Waals surface area contributed by atoms with Crippen molar-refractivity contribution in [1.29, 1.82) is 0 Å². The van der Waals surface area contributed by atoms with E-state index in [0.29, 0.717) is 31.1 Å². The third-order valence-electron chi connectivity index (χ3n) is 5.07. The Morgan fingerprint density at radius 1 is 1.26 bits per heavy atom. The minimum atomic E-state index is -3.50. The summed E-state index contributed by atoms with van der Waals surface area (Å²) in [6, 6.07) is 7.21. The second kappa shape index (κ2) is 12.1. The normalized spacial score (nSPS) is 15.4. The van der Waals surface area contributed by atoms with Crippen molar-refractivity contribution < 1.29 is 8.42 Å². The Hall–Kier alpha value is -1.24. The predicted molar refractivity (Wildman–Crippen MR) is 138 cm³/mol. The van der Waals surface area contributed by atoms with Gasteiger partial charge in [-0.1, -0.05) is 24.6 Å². The van der Waals surface area contributed by atoms with Crippen molar-refractivity contribution in [3.05, 3.63) is 45.9 Å². The molecule has 0 radical (unpaired) electrons. The molecule has 172 valence electrons. The molecule has 1 saturated heterocycles. The molecule has 10 heteroatoms. The molecule has 0 atom stereocenters. The van der Waals surface area contributed by atoms with Crippen LogP contribution in [0, 0.1) is 6.92 Å². The maximum absolute atomic E-state index is 13.2. The maximum Gasteiger partial charge on any atom is 0.243 e. The Labute approximate surface area is 207 Å². The lowest BCUT2D eigenvalue weighted by Crippen LogP contribution is -2.38. The summed E-state index contributed by atoms with van der Waals surface area (Å²) in [7, 11) is -1.53. The quantitative estimate of drug-likeness (QED) is 0.308. The number of aromatic nitrogens is 1. The van der Waals surface area contributed by atoms with Gasteiger partial charge in [-0.2, -0.15) is 4.31 Å². The van der Waals surface area contributed by atoms with E-state index in [4.69, 9.17) is 4.99 Å². The highest BCUT2D eigenvalue weighted by atomic mass is 127. The van der Waals surface area contributed by atoms with Crippen LogP contribution >= 0.6 is 35.3 Å². The number of sulfonamides is 1. The second-order valence-electron chi connectivity index (χ2n) is 7.46. The third kappa shape index (κ3) is 6.87. The summed E-state index contributed by atoms with van der Waals surface area (Å²) >= 11 is 1.63. The zero-order valence-corrected chi connectivity index (χ0v) is 22.3. The maximum atomic E-state index is 13.2. The number of thiazole rings is 1. The van der Waals surface area contributed by atoms with E-state index in [-0.39, 0.29) is 24.0 Å². The predicted octanol–water partition coefficient (Wildman–Crippen LogP) is 3.84. The van der Waals surface area contributed by atoms with Gasteiger partial charge in [-0.25, -0.2) is 18.4 Å². The zero-order valence-electron chi connectivity index (χ0n) is 18.4. The van der Waals surface area contributed by atoms with Crippen LogP contribution in [-0.2, 0) is 23.1 Å². The lowest BCUT2D eigenvalue weighted by atomic mass is 10.2. The van der Waals surface area contributed by atoms with Crippen LogP contribution in [0.5, 0.6) is 0 Å². The number of hydrogen-bond acceptors (Lipinski definition) is 5. The topological polar surface area (TPSA) is 77.9 Å². The van der Waals surface area contributed by atoms with E-state index in [0.717, 1.165) is 48.0 Å². The first-order valence-corrected chi connectivity index (χ1v) is 12.7. The first kappa shape index (κ1) is 26.0. The minimum Gasteiger partial charge on any atom is -0.357 e. The van der Waals surface area contributed by atoms with E-state index in [9.17, 15) is 8.42 Å². The van der Waals surface area contributed by atoms with Crippen molar-refractivity contribution in [2.45, 2.75) is 51.1 Å². The lowest BCUT2D eigenvalue weighted by Gasteiger charge is -2.26. The van der Waals surface area contributed by atoms with Gasteiger partial charge in [0.1, 0.15) is 0 Å². The number of nitrogens with one attached hydrogen (secondary N) is 1. The molecule has 3 rings (SSSR count). The van der Waals surface area contributed by atoms with Gasteiger partial charge in [0.2, 0.25) is 10.0 Å². The summed E-state index contributed by atoms with van der Waals surface area (Å²) in [6.07, 6.45) is 2.94. The van der Waals surface area contributed by atoms with Crippen LogP contribution < -0.4 is 5.32 Å². The Bertz CT molecular complexity index is 972. The summed E-state index contributed by atoms with van der Waals surface area (Å²) in [5, 5.41) is 6.38. The summed E-state index contributed by atoms with van der Waals surface area (Å²) in [4.78, 5) is 11.6. The second-order valence-corrected chi connectivity index (χ2v) is 10.4. The average Bonchev–Trinajstić information content (AvgIpc) is 3.16. The molecule has 1 fully saturated rings. The number of aliphatic imine (C=N–C) groups is 1. The fourth-order valence-corrected chi connectivity index (χ4v) is 5.89. The number of halogens is 1. The van der Waals surface area contributed by atoms with Crippen LogP contribution in [0.25, 0.3) is 0 Å². The average molecular weight is 578 g/mol. The molecular formula is C21H32IN5O2S2. The van der Waals surface area contributed by atoms with Gasteiger partial charge in [-0.3, -0.25) is 0 Å². The molecule has 1 aromatic carbocycles. The molecule has 1 aliphatic rings. The van der Waals surface area contributed by atoms with Crippen molar-refractivity contribution in [2.75, 3.05) is 26.7 Å². The molecule has 2 aromatic rings. The van der Waals surface area contributed by atoms with Crippen molar-refractivity contribution in [3.8, 4) is 0 Å². The van der Waals surface area contributed by atoms with Crippen LogP contribution in [0.1, 0.15) is 42.5 Å². The minimum absolute atomic E-state index is 0. The van der Waals surface area contributed by atoms with Crippen molar-refractivity contribution in [1.82, 2.24) is 19.5 Å². The van der Waals surface area contributed by atoms with Crippen LogP contribution in [-0.4, -0.2) is 55.2 Å². The third-order valence-corrected chi connectivity index (χ3v) is 7.89. The van der Waals surface area contributed by atoms with Crippen LogP contribution in [0.15, 0.2) is 39.5 Å². The van der Waals surface area contributed by atoms with Crippen molar-refractivity contribution >= 4 is 51.3 Å². The molecule has 1 aromatic heterocycles. The van der Waals surface area contributed by atoms with E-state index < -0.39 is 10.0 Å². The van der Waals surface area contributed by atoms with Crippen LogP contribution in [0.4, 0.5) is 0 Å². The fraction of sp³-hybridized carbons (Fsp3) is 0.524. The summed E-state index contributed by atoms with van der Waals surface area (Å²) in [6.45, 7) is 6.87. The number of piperidine rings is 1. The molecule has 0 aliphatic carbocycles. The summed E-state index contributed by atoms with van der Waals surface area (Å²) in [5.41, 5.74) is 1.72. The first-order valence-electron chi connectivity index (χ1n) is 10.4. The SMILES string of the molecule is CCNC(=NCc1ccccc1S(=O)(=O)N1CCCCC1)N(C)Cc1csc(C)n1.I. The van der Waals surface area contributed by atoms with Gasteiger partial charge >= 0.3 is 0 Å². The Balaban J connectivity index is 0.00000341. The highest BCUT2D eigenvalue weighted by molar-refractivity contribution is 14.0. The lowest BCUT2D eigenvalue weighted by molar-refractivity contribution is 0.346. The standard InChI is InChI=1S/C21H31N5O2S2.HI/c1-4-22-21(25(3)15-19-16-29-17(2)24-19)23-14-18-10-6-7-11-20(18)30(27,28)26-12-8-5-9-13-26;/h6-7,10-11,16H,4-5,8-9,12-15H2,1-3H3,(H,22,23);1H. The molecule has 0 unspecified atom stereocenters. The molecule has 7 nitrogen and oxygen atoms in total.